The first-order valence-electron chi connectivity index (χ1n) is 7.49. The number of carbonyl (C=O) groups excluding carboxylic acids is 1. The highest BCUT2D eigenvalue weighted by atomic mass is 32.2. The van der Waals surface area contributed by atoms with Crippen LogP contribution in [0.2, 0.25) is 0 Å². The number of fused-ring (bicyclic) bond motifs is 3. The van der Waals surface area contributed by atoms with Crippen LogP contribution in [0.25, 0.3) is 11.1 Å². The zero-order chi connectivity index (χ0) is 14.8. The minimum Gasteiger partial charge on any atom is -0.431 e. The highest BCUT2D eigenvalue weighted by molar-refractivity contribution is 8.00. The predicted molar refractivity (Wildman–Crippen MR) is 83.3 cm³/mol. The van der Waals surface area contributed by atoms with Gasteiger partial charge in [0.15, 0.2) is 11.4 Å². The molecule has 110 valence electrons. The monoisotopic (exact) mass is 301 g/mol. The Bertz CT molecular complexity index is 702. The van der Waals surface area contributed by atoms with Crippen molar-refractivity contribution in [2.45, 2.75) is 44.1 Å². The summed E-state index contributed by atoms with van der Waals surface area (Å²) in [5, 5.41) is 0.596. The van der Waals surface area contributed by atoms with Crippen molar-refractivity contribution in [2.75, 3.05) is 0 Å². The number of hydrogen-bond donors (Lipinski definition) is 0. The van der Waals surface area contributed by atoms with Crippen molar-refractivity contribution in [1.29, 1.82) is 0 Å². The molecular formula is C17H19NO2S. The van der Waals surface area contributed by atoms with E-state index in [0.29, 0.717) is 11.0 Å². The molecule has 1 aromatic carbocycles. The Morgan fingerprint density at radius 2 is 2.05 bits per heavy atom. The number of nitrogens with zero attached hydrogens (tertiary/aromatic N) is 1. The van der Waals surface area contributed by atoms with E-state index in [1.165, 1.54) is 11.8 Å². The smallest absolute Gasteiger partial charge is 0.257 e. The SMILES string of the molecule is CC1(C)[C@H]2CC[C@@]1(C)[C@H](Sc1nc3ccccc3o1)C2=O. The molecule has 2 saturated carbocycles. The largest absolute Gasteiger partial charge is 0.431 e. The molecule has 0 saturated heterocycles. The summed E-state index contributed by atoms with van der Waals surface area (Å²) in [4.78, 5) is 17.2. The van der Waals surface area contributed by atoms with Gasteiger partial charge in [0.1, 0.15) is 5.52 Å². The molecule has 1 aromatic heterocycles. The van der Waals surface area contributed by atoms with Gasteiger partial charge in [-0.25, -0.2) is 4.98 Å². The van der Waals surface area contributed by atoms with E-state index >= 15 is 0 Å². The van der Waals surface area contributed by atoms with Gasteiger partial charge in [0.05, 0.1) is 5.25 Å². The van der Waals surface area contributed by atoms with Gasteiger partial charge in [-0.1, -0.05) is 44.7 Å². The van der Waals surface area contributed by atoms with Crippen molar-refractivity contribution in [2.24, 2.45) is 16.7 Å². The number of hydrogen-bond acceptors (Lipinski definition) is 4. The standard InChI is InChI=1S/C17H19NO2S/c1-16(2)10-8-9-17(16,3)14(13(10)19)21-15-18-11-6-4-5-7-12(11)20-15/h4-7,10,14H,8-9H2,1-3H3/t10-,14+,17-/m0/s1. The fourth-order valence-corrected chi connectivity index (χ4v) is 5.63. The number of para-hydroxylation sites is 2. The molecule has 1 heterocycles. The summed E-state index contributed by atoms with van der Waals surface area (Å²) in [5.74, 6) is 0.588. The number of oxazole rings is 1. The van der Waals surface area contributed by atoms with E-state index in [2.05, 4.69) is 25.8 Å². The van der Waals surface area contributed by atoms with Crippen molar-refractivity contribution >= 4 is 28.6 Å². The quantitative estimate of drug-likeness (QED) is 0.829. The average Bonchev–Trinajstić information content (AvgIpc) is 2.98. The van der Waals surface area contributed by atoms with Crippen molar-refractivity contribution in [1.82, 2.24) is 4.98 Å². The fourth-order valence-electron chi connectivity index (χ4n) is 4.18. The van der Waals surface area contributed by atoms with Crippen LogP contribution >= 0.6 is 11.8 Å². The molecule has 2 bridgehead atoms. The van der Waals surface area contributed by atoms with Crippen molar-refractivity contribution < 1.29 is 9.21 Å². The lowest BCUT2D eigenvalue weighted by molar-refractivity contribution is -0.122. The van der Waals surface area contributed by atoms with Crippen LogP contribution in [0.4, 0.5) is 0 Å². The molecule has 2 aliphatic rings. The van der Waals surface area contributed by atoms with E-state index in [0.717, 1.165) is 23.9 Å². The van der Waals surface area contributed by atoms with Crippen molar-refractivity contribution in [3.63, 3.8) is 0 Å². The number of ketones is 1. The van der Waals surface area contributed by atoms with Crippen molar-refractivity contribution in [3.05, 3.63) is 24.3 Å². The van der Waals surface area contributed by atoms with Gasteiger partial charge >= 0.3 is 0 Å². The Balaban J connectivity index is 1.70. The molecule has 0 aliphatic heterocycles. The van der Waals surface area contributed by atoms with E-state index in [9.17, 15) is 4.79 Å². The van der Waals surface area contributed by atoms with E-state index in [-0.39, 0.29) is 22.0 Å². The normalized spacial score (nSPS) is 34.0. The fraction of sp³-hybridized carbons (Fsp3) is 0.529. The summed E-state index contributed by atoms with van der Waals surface area (Å²) in [7, 11) is 0. The molecule has 4 rings (SSSR count). The van der Waals surface area contributed by atoms with Crippen LogP contribution in [0.3, 0.4) is 0 Å². The highest BCUT2D eigenvalue weighted by Gasteiger charge is 2.66. The maximum atomic E-state index is 12.7. The highest BCUT2D eigenvalue weighted by Crippen LogP contribution is 2.67. The number of rotatable bonds is 2. The first kappa shape index (κ1) is 13.4. The topological polar surface area (TPSA) is 43.1 Å². The van der Waals surface area contributed by atoms with Crippen LogP contribution in [-0.4, -0.2) is 16.0 Å². The summed E-state index contributed by atoms with van der Waals surface area (Å²) in [5.41, 5.74) is 1.77. The van der Waals surface area contributed by atoms with E-state index in [4.69, 9.17) is 4.42 Å². The van der Waals surface area contributed by atoms with Gasteiger partial charge in [0, 0.05) is 5.92 Å². The first-order valence-corrected chi connectivity index (χ1v) is 8.37. The van der Waals surface area contributed by atoms with Gasteiger partial charge in [-0.05, 0) is 35.8 Å². The molecule has 0 unspecified atom stereocenters. The molecule has 21 heavy (non-hydrogen) atoms. The van der Waals surface area contributed by atoms with Crippen LogP contribution in [0.1, 0.15) is 33.6 Å². The van der Waals surface area contributed by atoms with Gasteiger partial charge in [-0.3, -0.25) is 4.79 Å². The Labute approximate surface area is 128 Å². The van der Waals surface area contributed by atoms with Gasteiger partial charge < -0.3 is 4.42 Å². The molecule has 2 fully saturated rings. The second-order valence-corrected chi connectivity index (χ2v) is 8.13. The second kappa shape index (κ2) is 4.13. The minimum atomic E-state index is -0.0284. The van der Waals surface area contributed by atoms with E-state index in [1.54, 1.807) is 0 Å². The number of carbonyl (C=O) groups is 1. The summed E-state index contributed by atoms with van der Waals surface area (Å²) < 4.78 is 5.80. The third-order valence-electron chi connectivity index (χ3n) is 5.97. The molecule has 0 radical (unpaired) electrons. The molecule has 3 nitrogen and oxygen atoms in total. The Kier molecular flexibility index (Phi) is 2.63. The number of Topliss-reactive ketones (excluding diaryl/α,β-unsaturated/α-hetero) is 1. The van der Waals surface area contributed by atoms with Crippen molar-refractivity contribution in [3.8, 4) is 0 Å². The molecule has 0 amide bonds. The maximum absolute atomic E-state index is 12.7. The van der Waals surface area contributed by atoms with Gasteiger partial charge in [0.25, 0.3) is 5.22 Å². The zero-order valence-electron chi connectivity index (χ0n) is 12.6. The molecule has 0 N–H and O–H groups in total. The van der Waals surface area contributed by atoms with Gasteiger partial charge in [0.2, 0.25) is 0 Å². The van der Waals surface area contributed by atoms with Gasteiger partial charge in [-0.2, -0.15) is 0 Å². The van der Waals surface area contributed by atoms with Crippen LogP contribution < -0.4 is 0 Å². The number of aromatic nitrogens is 1. The molecule has 2 aliphatic carbocycles. The van der Waals surface area contributed by atoms with E-state index < -0.39 is 0 Å². The molecule has 2 aromatic rings. The molecule has 0 spiro atoms. The average molecular weight is 301 g/mol. The summed E-state index contributed by atoms with van der Waals surface area (Å²) >= 11 is 1.52. The lowest BCUT2D eigenvalue weighted by Gasteiger charge is -2.37. The summed E-state index contributed by atoms with van der Waals surface area (Å²) in [6.07, 6.45) is 2.15. The summed E-state index contributed by atoms with van der Waals surface area (Å²) in [6.45, 7) is 6.75. The first-order chi connectivity index (χ1) is 9.93. The third-order valence-corrected chi connectivity index (χ3v) is 7.33. The lowest BCUT2D eigenvalue weighted by Crippen LogP contribution is -2.35. The van der Waals surface area contributed by atoms with E-state index in [1.807, 2.05) is 24.3 Å². The Hall–Kier alpha value is -1.29. The molecule has 3 atom stereocenters. The van der Waals surface area contributed by atoms with Crippen LogP contribution in [0.5, 0.6) is 0 Å². The second-order valence-electron chi connectivity index (χ2n) is 7.08. The predicted octanol–water partition coefficient (Wildman–Crippen LogP) is 4.31. The number of benzene rings is 1. The minimum absolute atomic E-state index is 0.0284. The van der Waals surface area contributed by atoms with Crippen LogP contribution in [0.15, 0.2) is 33.9 Å². The molecule has 4 heteroatoms. The Morgan fingerprint density at radius 3 is 2.71 bits per heavy atom. The molecular weight excluding hydrogens is 282 g/mol. The van der Waals surface area contributed by atoms with Gasteiger partial charge in [-0.15, -0.1) is 0 Å². The zero-order valence-corrected chi connectivity index (χ0v) is 13.4. The van der Waals surface area contributed by atoms with Crippen LogP contribution in [-0.2, 0) is 4.79 Å². The Morgan fingerprint density at radius 1 is 1.29 bits per heavy atom. The van der Waals surface area contributed by atoms with Crippen LogP contribution in [0, 0.1) is 16.7 Å². The summed E-state index contributed by atoms with van der Waals surface area (Å²) in [6, 6.07) is 7.75. The third kappa shape index (κ3) is 1.62. The number of thioether (sulfide) groups is 1. The maximum Gasteiger partial charge on any atom is 0.257 e. The lowest BCUT2D eigenvalue weighted by atomic mass is 9.71.